The predicted octanol–water partition coefficient (Wildman–Crippen LogP) is 2.56. The number of nitrogens with one attached hydrogen (secondary N) is 1. The summed E-state index contributed by atoms with van der Waals surface area (Å²) in [5.41, 5.74) is 2.52. The minimum Gasteiger partial charge on any atom is -0.349 e. The van der Waals surface area contributed by atoms with Crippen molar-refractivity contribution in [1.29, 1.82) is 0 Å². The van der Waals surface area contributed by atoms with Crippen LogP contribution in [0.3, 0.4) is 0 Å². The SMILES string of the molecule is Cc1ccn2nc(NCc3ccccc3[N+](=O)[O-])nc2c1. The maximum Gasteiger partial charge on any atom is 0.274 e. The van der Waals surface area contributed by atoms with Crippen LogP contribution in [0.5, 0.6) is 0 Å². The van der Waals surface area contributed by atoms with Gasteiger partial charge in [0, 0.05) is 24.4 Å². The summed E-state index contributed by atoms with van der Waals surface area (Å²) in [5.74, 6) is 0.443. The molecule has 0 amide bonds. The maximum atomic E-state index is 11.0. The lowest BCUT2D eigenvalue weighted by molar-refractivity contribution is -0.385. The fourth-order valence-electron chi connectivity index (χ4n) is 2.07. The molecule has 3 rings (SSSR count). The van der Waals surface area contributed by atoms with Crippen LogP contribution < -0.4 is 5.32 Å². The molecule has 21 heavy (non-hydrogen) atoms. The fourth-order valence-corrected chi connectivity index (χ4v) is 2.07. The number of pyridine rings is 1. The molecule has 7 heteroatoms. The Morgan fingerprint density at radius 3 is 2.95 bits per heavy atom. The van der Waals surface area contributed by atoms with Crippen LogP contribution in [0.2, 0.25) is 0 Å². The molecule has 106 valence electrons. The van der Waals surface area contributed by atoms with Crippen LogP contribution in [0.1, 0.15) is 11.1 Å². The smallest absolute Gasteiger partial charge is 0.274 e. The highest BCUT2D eigenvalue weighted by atomic mass is 16.6. The summed E-state index contributed by atoms with van der Waals surface area (Å²) in [6.45, 7) is 2.28. The monoisotopic (exact) mass is 283 g/mol. The second-order valence-corrected chi connectivity index (χ2v) is 4.68. The first-order chi connectivity index (χ1) is 10.1. The van der Waals surface area contributed by atoms with E-state index in [1.54, 1.807) is 22.7 Å². The van der Waals surface area contributed by atoms with Crippen molar-refractivity contribution in [2.24, 2.45) is 0 Å². The summed E-state index contributed by atoms with van der Waals surface area (Å²) >= 11 is 0. The van der Waals surface area contributed by atoms with Gasteiger partial charge < -0.3 is 5.32 Å². The predicted molar refractivity (Wildman–Crippen MR) is 78.1 cm³/mol. The van der Waals surface area contributed by atoms with Gasteiger partial charge in [-0.15, -0.1) is 5.10 Å². The van der Waals surface area contributed by atoms with Crippen molar-refractivity contribution in [3.05, 3.63) is 63.8 Å². The van der Waals surface area contributed by atoms with Crippen LogP contribution >= 0.6 is 0 Å². The molecular weight excluding hydrogens is 270 g/mol. The van der Waals surface area contributed by atoms with Crippen LogP contribution in [-0.2, 0) is 6.54 Å². The van der Waals surface area contributed by atoms with Gasteiger partial charge >= 0.3 is 0 Å². The molecule has 1 N–H and O–H groups in total. The number of benzene rings is 1. The molecule has 3 aromatic rings. The third-order valence-corrected chi connectivity index (χ3v) is 3.12. The molecule has 0 aliphatic carbocycles. The molecule has 0 bridgehead atoms. The van der Waals surface area contributed by atoms with Crippen molar-refractivity contribution in [2.45, 2.75) is 13.5 Å². The lowest BCUT2D eigenvalue weighted by Crippen LogP contribution is -2.04. The van der Waals surface area contributed by atoms with Crippen LogP contribution in [-0.4, -0.2) is 19.5 Å². The summed E-state index contributed by atoms with van der Waals surface area (Å²) in [6, 6.07) is 10.5. The van der Waals surface area contributed by atoms with Gasteiger partial charge in [-0.05, 0) is 24.6 Å². The number of nitrogens with zero attached hydrogens (tertiary/aromatic N) is 4. The van der Waals surface area contributed by atoms with Gasteiger partial charge in [-0.2, -0.15) is 4.98 Å². The summed E-state index contributed by atoms with van der Waals surface area (Å²) in [4.78, 5) is 14.9. The third kappa shape index (κ3) is 2.66. The fraction of sp³-hybridized carbons (Fsp3) is 0.143. The van der Waals surface area contributed by atoms with Gasteiger partial charge in [-0.3, -0.25) is 10.1 Å². The van der Waals surface area contributed by atoms with E-state index in [1.165, 1.54) is 6.07 Å². The number of nitro benzene ring substituents is 1. The largest absolute Gasteiger partial charge is 0.349 e. The van der Waals surface area contributed by atoms with Crippen LogP contribution in [0.25, 0.3) is 5.65 Å². The number of fused-ring (bicyclic) bond motifs is 1. The van der Waals surface area contributed by atoms with Crippen molar-refractivity contribution in [3.63, 3.8) is 0 Å². The second-order valence-electron chi connectivity index (χ2n) is 4.68. The molecule has 0 aliphatic rings. The van der Waals surface area contributed by atoms with E-state index in [1.807, 2.05) is 25.3 Å². The summed E-state index contributed by atoms with van der Waals surface area (Å²) < 4.78 is 1.66. The van der Waals surface area contributed by atoms with Crippen molar-refractivity contribution >= 4 is 17.3 Å². The van der Waals surface area contributed by atoms with Gasteiger partial charge in [-0.25, -0.2) is 4.52 Å². The molecule has 0 radical (unpaired) electrons. The number of rotatable bonds is 4. The first-order valence-electron chi connectivity index (χ1n) is 6.43. The quantitative estimate of drug-likeness (QED) is 0.587. The molecule has 2 aromatic heterocycles. The average Bonchev–Trinajstić information content (AvgIpc) is 2.87. The summed E-state index contributed by atoms with van der Waals surface area (Å²) in [5, 5.41) is 18.2. The zero-order chi connectivity index (χ0) is 14.8. The lowest BCUT2D eigenvalue weighted by Gasteiger charge is -2.02. The average molecular weight is 283 g/mol. The Labute approximate surface area is 120 Å². The van der Waals surface area contributed by atoms with Gasteiger partial charge in [0.1, 0.15) is 0 Å². The molecular formula is C14H13N5O2. The Balaban J connectivity index is 1.82. The molecule has 0 fully saturated rings. The highest BCUT2D eigenvalue weighted by Crippen LogP contribution is 2.18. The molecule has 7 nitrogen and oxygen atoms in total. The zero-order valence-electron chi connectivity index (χ0n) is 11.4. The molecule has 2 heterocycles. The van der Waals surface area contributed by atoms with Gasteiger partial charge in [0.05, 0.1) is 4.92 Å². The Hall–Kier alpha value is -2.96. The van der Waals surface area contributed by atoms with E-state index in [2.05, 4.69) is 15.4 Å². The van der Waals surface area contributed by atoms with Crippen LogP contribution in [0, 0.1) is 17.0 Å². The number of hydrogen-bond acceptors (Lipinski definition) is 5. The normalized spacial score (nSPS) is 10.7. The van der Waals surface area contributed by atoms with E-state index in [9.17, 15) is 10.1 Å². The minimum absolute atomic E-state index is 0.0876. The van der Waals surface area contributed by atoms with Crippen LogP contribution in [0.15, 0.2) is 42.6 Å². The number of aryl methyl sites for hydroxylation is 1. The van der Waals surface area contributed by atoms with Crippen molar-refractivity contribution in [1.82, 2.24) is 14.6 Å². The van der Waals surface area contributed by atoms with Crippen molar-refractivity contribution < 1.29 is 4.92 Å². The Morgan fingerprint density at radius 1 is 1.33 bits per heavy atom. The molecule has 0 saturated heterocycles. The maximum absolute atomic E-state index is 11.0. The number of nitro groups is 1. The Kier molecular flexibility index (Phi) is 3.23. The lowest BCUT2D eigenvalue weighted by atomic mass is 10.2. The van der Waals surface area contributed by atoms with Gasteiger partial charge in [0.2, 0.25) is 5.95 Å². The first-order valence-corrected chi connectivity index (χ1v) is 6.43. The molecule has 0 saturated carbocycles. The zero-order valence-corrected chi connectivity index (χ0v) is 11.4. The third-order valence-electron chi connectivity index (χ3n) is 3.12. The Morgan fingerprint density at radius 2 is 2.14 bits per heavy atom. The van der Waals surface area contributed by atoms with E-state index in [-0.39, 0.29) is 5.69 Å². The van der Waals surface area contributed by atoms with Gasteiger partial charge in [0.15, 0.2) is 5.65 Å². The van der Waals surface area contributed by atoms with E-state index < -0.39 is 4.92 Å². The second kappa shape index (κ2) is 5.20. The van der Waals surface area contributed by atoms with Crippen molar-refractivity contribution in [3.8, 4) is 0 Å². The first kappa shape index (κ1) is 13.0. The topological polar surface area (TPSA) is 85.4 Å². The number of aromatic nitrogens is 3. The molecule has 0 unspecified atom stereocenters. The van der Waals surface area contributed by atoms with E-state index in [4.69, 9.17) is 0 Å². The van der Waals surface area contributed by atoms with Gasteiger partial charge in [0.25, 0.3) is 5.69 Å². The highest BCUT2D eigenvalue weighted by molar-refractivity contribution is 5.47. The highest BCUT2D eigenvalue weighted by Gasteiger charge is 2.12. The molecule has 0 atom stereocenters. The van der Waals surface area contributed by atoms with Crippen LogP contribution in [0.4, 0.5) is 11.6 Å². The van der Waals surface area contributed by atoms with Crippen molar-refractivity contribution in [2.75, 3.05) is 5.32 Å². The van der Waals surface area contributed by atoms with E-state index in [0.717, 1.165) is 11.2 Å². The summed E-state index contributed by atoms with van der Waals surface area (Å²) in [6.07, 6.45) is 1.83. The Bertz CT molecular complexity index is 812. The number of para-hydroxylation sites is 1. The molecule has 0 spiro atoms. The standard InChI is InChI=1S/C14H13N5O2/c1-10-6-7-18-13(8-10)16-14(17-18)15-9-11-4-2-3-5-12(11)19(20)21/h2-8H,9H2,1H3,(H,15,17). The van der Waals surface area contributed by atoms with E-state index in [0.29, 0.717) is 18.1 Å². The van der Waals surface area contributed by atoms with Gasteiger partial charge in [-0.1, -0.05) is 18.2 Å². The number of hydrogen-bond donors (Lipinski definition) is 1. The number of anilines is 1. The summed E-state index contributed by atoms with van der Waals surface area (Å²) in [7, 11) is 0. The molecule has 0 aliphatic heterocycles. The minimum atomic E-state index is -0.391. The van der Waals surface area contributed by atoms with E-state index >= 15 is 0 Å². The molecule has 1 aromatic carbocycles.